The summed E-state index contributed by atoms with van der Waals surface area (Å²) in [7, 11) is 0. The maximum atomic E-state index is 12.7. The number of alkyl halides is 3. The first-order chi connectivity index (χ1) is 11.8. The third-order valence-corrected chi connectivity index (χ3v) is 3.15. The highest BCUT2D eigenvalue weighted by Gasteiger charge is 2.31. The van der Waals surface area contributed by atoms with Crippen LogP contribution in [0.2, 0.25) is 0 Å². The van der Waals surface area contributed by atoms with Gasteiger partial charge in [0.15, 0.2) is 5.58 Å². The first kappa shape index (κ1) is 16.7. The molecule has 0 unspecified atom stereocenters. The van der Waals surface area contributed by atoms with Gasteiger partial charge < -0.3 is 14.2 Å². The Morgan fingerprint density at radius 1 is 1.20 bits per heavy atom. The van der Waals surface area contributed by atoms with E-state index in [0.717, 1.165) is 12.1 Å². The SMILES string of the molecule is CCC(=O)NCc1nnc(Nc2nc3cc(C(F)(F)F)ccc3o2)o1. The van der Waals surface area contributed by atoms with E-state index in [1.54, 1.807) is 6.92 Å². The number of rotatable bonds is 5. The highest BCUT2D eigenvalue weighted by atomic mass is 19.4. The fourth-order valence-electron chi connectivity index (χ4n) is 1.92. The summed E-state index contributed by atoms with van der Waals surface area (Å²) >= 11 is 0. The molecule has 0 bridgehead atoms. The predicted octanol–water partition coefficient (Wildman–Crippen LogP) is 3.00. The van der Waals surface area contributed by atoms with Gasteiger partial charge in [0.25, 0.3) is 0 Å². The van der Waals surface area contributed by atoms with Gasteiger partial charge in [-0.15, -0.1) is 5.10 Å². The van der Waals surface area contributed by atoms with Crippen molar-refractivity contribution in [3.05, 3.63) is 29.7 Å². The Labute approximate surface area is 138 Å². The molecule has 0 aliphatic heterocycles. The van der Waals surface area contributed by atoms with Crippen LogP contribution in [0.15, 0.2) is 27.0 Å². The zero-order chi connectivity index (χ0) is 18.0. The lowest BCUT2D eigenvalue weighted by Gasteiger charge is -2.04. The van der Waals surface area contributed by atoms with Crippen LogP contribution in [0.1, 0.15) is 24.8 Å². The smallest absolute Gasteiger partial charge is 0.416 e. The molecule has 132 valence electrons. The summed E-state index contributed by atoms with van der Waals surface area (Å²) in [4.78, 5) is 15.1. The van der Waals surface area contributed by atoms with Crippen LogP contribution in [0.5, 0.6) is 0 Å². The van der Waals surface area contributed by atoms with Gasteiger partial charge in [-0.2, -0.15) is 18.2 Å². The number of carbonyl (C=O) groups is 1. The van der Waals surface area contributed by atoms with Crippen LogP contribution in [-0.2, 0) is 17.5 Å². The number of hydrogen-bond acceptors (Lipinski definition) is 7. The highest BCUT2D eigenvalue weighted by molar-refractivity contribution is 5.76. The molecule has 11 heteroatoms. The van der Waals surface area contributed by atoms with E-state index in [0.29, 0.717) is 6.42 Å². The van der Waals surface area contributed by atoms with Crippen molar-refractivity contribution in [2.24, 2.45) is 0 Å². The maximum Gasteiger partial charge on any atom is 0.416 e. The third-order valence-electron chi connectivity index (χ3n) is 3.15. The van der Waals surface area contributed by atoms with Crippen molar-refractivity contribution in [3.63, 3.8) is 0 Å². The molecule has 0 aliphatic carbocycles. The fraction of sp³-hybridized carbons (Fsp3) is 0.286. The van der Waals surface area contributed by atoms with E-state index < -0.39 is 11.7 Å². The Morgan fingerprint density at radius 3 is 2.72 bits per heavy atom. The van der Waals surface area contributed by atoms with Crippen LogP contribution in [0.4, 0.5) is 25.2 Å². The predicted molar refractivity (Wildman–Crippen MR) is 78.7 cm³/mol. The lowest BCUT2D eigenvalue weighted by Crippen LogP contribution is -2.21. The van der Waals surface area contributed by atoms with Crippen molar-refractivity contribution in [2.75, 3.05) is 5.32 Å². The summed E-state index contributed by atoms with van der Waals surface area (Å²) in [5, 5.41) is 12.5. The average molecular weight is 355 g/mol. The number of amides is 1. The monoisotopic (exact) mass is 355 g/mol. The van der Waals surface area contributed by atoms with Gasteiger partial charge in [0.2, 0.25) is 11.8 Å². The number of oxazole rings is 1. The van der Waals surface area contributed by atoms with Gasteiger partial charge in [-0.05, 0) is 18.2 Å². The molecular weight excluding hydrogens is 343 g/mol. The molecule has 0 atom stereocenters. The van der Waals surface area contributed by atoms with Gasteiger partial charge in [-0.1, -0.05) is 12.0 Å². The Morgan fingerprint density at radius 2 is 2.00 bits per heavy atom. The molecule has 3 rings (SSSR count). The van der Waals surface area contributed by atoms with E-state index in [1.807, 2.05) is 0 Å². The lowest BCUT2D eigenvalue weighted by atomic mass is 10.2. The topological polar surface area (TPSA) is 106 Å². The summed E-state index contributed by atoms with van der Waals surface area (Å²) in [5.41, 5.74) is -0.621. The average Bonchev–Trinajstić information content (AvgIpc) is 3.17. The van der Waals surface area contributed by atoms with Crippen molar-refractivity contribution in [1.29, 1.82) is 0 Å². The number of fused-ring (bicyclic) bond motifs is 1. The molecule has 0 saturated heterocycles. The molecule has 2 heterocycles. The minimum absolute atomic E-state index is 0.0345. The van der Waals surface area contributed by atoms with Crippen molar-refractivity contribution in [1.82, 2.24) is 20.5 Å². The van der Waals surface area contributed by atoms with Gasteiger partial charge in [-0.3, -0.25) is 10.1 Å². The fourth-order valence-corrected chi connectivity index (χ4v) is 1.92. The first-order valence-corrected chi connectivity index (χ1v) is 7.19. The number of benzene rings is 1. The van der Waals surface area contributed by atoms with E-state index in [-0.39, 0.29) is 41.5 Å². The van der Waals surface area contributed by atoms with E-state index in [1.165, 1.54) is 6.07 Å². The largest absolute Gasteiger partial charge is 0.423 e. The van der Waals surface area contributed by atoms with Crippen molar-refractivity contribution in [3.8, 4) is 0 Å². The van der Waals surface area contributed by atoms with E-state index in [9.17, 15) is 18.0 Å². The number of halogens is 3. The van der Waals surface area contributed by atoms with E-state index in [4.69, 9.17) is 8.83 Å². The molecule has 3 aromatic rings. The first-order valence-electron chi connectivity index (χ1n) is 7.19. The molecule has 0 aliphatic rings. The molecule has 1 aromatic carbocycles. The zero-order valence-corrected chi connectivity index (χ0v) is 12.8. The lowest BCUT2D eigenvalue weighted by molar-refractivity contribution is -0.137. The quantitative estimate of drug-likeness (QED) is 0.724. The van der Waals surface area contributed by atoms with Crippen molar-refractivity contribution >= 4 is 29.0 Å². The number of nitrogens with zero attached hydrogens (tertiary/aromatic N) is 3. The van der Waals surface area contributed by atoms with E-state index in [2.05, 4.69) is 25.8 Å². The van der Waals surface area contributed by atoms with Crippen LogP contribution in [0, 0.1) is 0 Å². The number of aromatic nitrogens is 3. The number of carbonyl (C=O) groups excluding carboxylic acids is 1. The van der Waals surface area contributed by atoms with Gasteiger partial charge >= 0.3 is 18.2 Å². The second-order valence-electron chi connectivity index (χ2n) is 4.96. The Balaban J connectivity index is 1.73. The molecule has 0 saturated carbocycles. The molecule has 8 nitrogen and oxygen atoms in total. The summed E-state index contributed by atoms with van der Waals surface area (Å²) in [6, 6.07) is 2.79. The molecule has 25 heavy (non-hydrogen) atoms. The van der Waals surface area contributed by atoms with Crippen molar-refractivity contribution < 1.29 is 26.8 Å². The van der Waals surface area contributed by atoms with Crippen LogP contribution < -0.4 is 10.6 Å². The van der Waals surface area contributed by atoms with Gasteiger partial charge in [0, 0.05) is 6.42 Å². The van der Waals surface area contributed by atoms with Gasteiger partial charge in [0.05, 0.1) is 12.1 Å². The second-order valence-corrected chi connectivity index (χ2v) is 4.96. The van der Waals surface area contributed by atoms with Crippen LogP contribution in [-0.4, -0.2) is 21.1 Å². The second kappa shape index (κ2) is 6.42. The van der Waals surface area contributed by atoms with Gasteiger partial charge in [0.1, 0.15) is 5.52 Å². The Bertz CT molecular complexity index is 903. The van der Waals surface area contributed by atoms with Crippen LogP contribution >= 0.6 is 0 Å². The summed E-state index contributed by atoms with van der Waals surface area (Å²) in [6.07, 6.45) is -4.15. The molecule has 0 radical (unpaired) electrons. The number of hydrogen-bond donors (Lipinski definition) is 2. The Hall–Kier alpha value is -3.11. The summed E-state index contributed by atoms with van der Waals surface area (Å²) < 4.78 is 48.6. The normalized spacial score (nSPS) is 11.7. The molecular formula is C14H12F3N5O3. The Kier molecular flexibility index (Phi) is 4.30. The van der Waals surface area contributed by atoms with Crippen molar-refractivity contribution in [2.45, 2.75) is 26.1 Å². The van der Waals surface area contributed by atoms with E-state index >= 15 is 0 Å². The molecule has 2 aromatic heterocycles. The maximum absolute atomic E-state index is 12.7. The molecule has 0 spiro atoms. The zero-order valence-electron chi connectivity index (χ0n) is 12.8. The van der Waals surface area contributed by atoms with Gasteiger partial charge in [-0.25, -0.2) is 0 Å². The highest BCUT2D eigenvalue weighted by Crippen LogP contribution is 2.32. The molecule has 2 N–H and O–H groups in total. The third kappa shape index (κ3) is 3.87. The number of anilines is 2. The minimum Gasteiger partial charge on any atom is -0.423 e. The standard InChI is InChI=1S/C14H12F3N5O3/c1-2-10(23)18-6-11-21-22-13(25-11)20-12-19-8-5-7(14(15,16)17)3-4-9(8)24-12/h3-5H,2,6H2,1H3,(H,18,23)(H,19,20,22). The summed E-state index contributed by atoms with van der Waals surface area (Å²) in [6.45, 7) is 1.76. The van der Waals surface area contributed by atoms with Crippen LogP contribution in [0.3, 0.4) is 0 Å². The molecule has 1 amide bonds. The minimum atomic E-state index is -4.47. The summed E-state index contributed by atoms with van der Waals surface area (Å²) in [5.74, 6) is -0.0214. The molecule has 0 fully saturated rings. The number of nitrogens with one attached hydrogen (secondary N) is 2. The van der Waals surface area contributed by atoms with Crippen LogP contribution in [0.25, 0.3) is 11.1 Å².